The van der Waals surface area contributed by atoms with Crippen molar-refractivity contribution in [1.29, 1.82) is 0 Å². The first-order chi connectivity index (χ1) is 11.2. The van der Waals surface area contributed by atoms with Gasteiger partial charge in [-0.05, 0) is 31.5 Å². The first-order valence-electron chi connectivity index (χ1n) is 8.92. The molecule has 2 aliphatic rings. The second-order valence-corrected chi connectivity index (χ2v) is 6.85. The summed E-state index contributed by atoms with van der Waals surface area (Å²) in [7, 11) is 4.08. The summed E-state index contributed by atoms with van der Waals surface area (Å²) in [6.45, 7) is 8.94. The zero-order chi connectivity index (χ0) is 16.2. The molecule has 2 fully saturated rings. The summed E-state index contributed by atoms with van der Waals surface area (Å²) in [5, 5.41) is 0. The second kappa shape index (κ2) is 7.65. The van der Waals surface area contributed by atoms with Gasteiger partial charge in [0, 0.05) is 64.2 Å². The number of anilines is 1. The standard InChI is InChI=1S/C19H30N3O/c1-4-16-6-5-7-17(14-16)22-9-8-18(19(15-22)23-3)21-12-10-20(2)11-13-21/h5-6,14,18-19H,4,8-13,15H2,1-3H3. The number of hydrogen-bond acceptors (Lipinski definition) is 4. The molecule has 2 unspecified atom stereocenters. The summed E-state index contributed by atoms with van der Waals surface area (Å²) in [5.74, 6) is 0. The largest absolute Gasteiger partial charge is 0.378 e. The van der Waals surface area contributed by atoms with Gasteiger partial charge in [0.05, 0.1) is 6.10 Å². The lowest BCUT2D eigenvalue weighted by Crippen LogP contribution is -2.59. The van der Waals surface area contributed by atoms with Crippen molar-refractivity contribution in [3.8, 4) is 0 Å². The number of benzene rings is 1. The average Bonchev–Trinajstić information content (AvgIpc) is 2.62. The van der Waals surface area contributed by atoms with Crippen LogP contribution >= 0.6 is 0 Å². The van der Waals surface area contributed by atoms with Crippen LogP contribution in [0.3, 0.4) is 0 Å². The lowest BCUT2D eigenvalue weighted by Gasteiger charge is -2.46. The molecule has 1 aromatic rings. The van der Waals surface area contributed by atoms with E-state index in [1.807, 2.05) is 7.11 Å². The highest BCUT2D eigenvalue weighted by molar-refractivity contribution is 5.48. The summed E-state index contributed by atoms with van der Waals surface area (Å²) in [6.07, 6.45) is 2.53. The third-order valence-electron chi connectivity index (χ3n) is 5.43. The Morgan fingerprint density at radius 1 is 1.22 bits per heavy atom. The molecule has 0 amide bonds. The molecule has 4 nitrogen and oxygen atoms in total. The van der Waals surface area contributed by atoms with Gasteiger partial charge in [0.2, 0.25) is 0 Å². The van der Waals surface area contributed by atoms with Crippen LogP contribution in [0.4, 0.5) is 5.69 Å². The summed E-state index contributed by atoms with van der Waals surface area (Å²) in [4.78, 5) is 7.50. The Morgan fingerprint density at radius 3 is 2.70 bits per heavy atom. The van der Waals surface area contributed by atoms with Crippen LogP contribution in [0.5, 0.6) is 0 Å². The summed E-state index contributed by atoms with van der Waals surface area (Å²) in [5.41, 5.74) is 2.61. The molecule has 0 spiro atoms. The van der Waals surface area contributed by atoms with Crippen molar-refractivity contribution in [2.24, 2.45) is 0 Å². The molecule has 0 N–H and O–H groups in total. The third-order valence-corrected chi connectivity index (χ3v) is 5.43. The molecule has 3 rings (SSSR count). The second-order valence-electron chi connectivity index (χ2n) is 6.85. The number of ether oxygens (including phenoxy) is 1. The van der Waals surface area contributed by atoms with Gasteiger partial charge in [-0.3, -0.25) is 4.90 Å². The van der Waals surface area contributed by atoms with Crippen molar-refractivity contribution < 1.29 is 4.74 Å². The van der Waals surface area contributed by atoms with Crippen LogP contribution in [0.15, 0.2) is 18.2 Å². The van der Waals surface area contributed by atoms with E-state index in [-0.39, 0.29) is 6.10 Å². The normalized spacial score (nSPS) is 27.3. The zero-order valence-corrected chi connectivity index (χ0v) is 14.8. The molecular weight excluding hydrogens is 286 g/mol. The van der Waals surface area contributed by atoms with Crippen molar-refractivity contribution in [3.05, 3.63) is 29.8 Å². The summed E-state index contributed by atoms with van der Waals surface area (Å²) < 4.78 is 5.88. The Labute approximate surface area is 141 Å². The van der Waals surface area contributed by atoms with Gasteiger partial charge < -0.3 is 14.5 Å². The minimum absolute atomic E-state index is 0.283. The number of likely N-dealkylation sites (N-methyl/N-ethyl adjacent to an activating group) is 1. The number of hydrogen-bond donors (Lipinski definition) is 0. The monoisotopic (exact) mass is 316 g/mol. The van der Waals surface area contributed by atoms with E-state index in [1.165, 1.54) is 43.9 Å². The van der Waals surface area contributed by atoms with E-state index in [2.05, 4.69) is 52.9 Å². The molecule has 2 heterocycles. The highest BCUT2D eigenvalue weighted by atomic mass is 16.5. The maximum absolute atomic E-state index is 5.88. The predicted octanol–water partition coefficient (Wildman–Crippen LogP) is 1.89. The van der Waals surface area contributed by atoms with Crippen LogP contribution in [0.25, 0.3) is 0 Å². The first-order valence-corrected chi connectivity index (χ1v) is 8.92. The van der Waals surface area contributed by atoms with Gasteiger partial charge in [0.1, 0.15) is 0 Å². The summed E-state index contributed by atoms with van der Waals surface area (Å²) >= 11 is 0. The van der Waals surface area contributed by atoms with Gasteiger partial charge >= 0.3 is 0 Å². The predicted molar refractivity (Wildman–Crippen MR) is 95.1 cm³/mol. The van der Waals surface area contributed by atoms with Crippen LogP contribution in [-0.2, 0) is 11.2 Å². The Hall–Kier alpha value is -1.10. The minimum Gasteiger partial charge on any atom is -0.378 e. The topological polar surface area (TPSA) is 19.0 Å². The van der Waals surface area contributed by atoms with E-state index in [0.717, 1.165) is 19.5 Å². The van der Waals surface area contributed by atoms with Crippen molar-refractivity contribution >= 4 is 5.69 Å². The lowest BCUT2D eigenvalue weighted by atomic mass is 9.98. The van der Waals surface area contributed by atoms with Gasteiger partial charge in [-0.1, -0.05) is 19.1 Å². The number of piperidine rings is 1. The van der Waals surface area contributed by atoms with Gasteiger partial charge in [0.25, 0.3) is 0 Å². The van der Waals surface area contributed by atoms with E-state index in [9.17, 15) is 0 Å². The van der Waals surface area contributed by atoms with Crippen LogP contribution < -0.4 is 4.90 Å². The van der Waals surface area contributed by atoms with Gasteiger partial charge in [-0.25, -0.2) is 0 Å². The molecule has 2 atom stereocenters. The maximum Gasteiger partial charge on any atom is 0.0901 e. The number of piperazine rings is 1. The molecule has 2 saturated heterocycles. The van der Waals surface area contributed by atoms with E-state index in [4.69, 9.17) is 4.74 Å². The number of nitrogens with zero attached hydrogens (tertiary/aromatic N) is 3. The Balaban J connectivity index is 1.66. The fraction of sp³-hybridized carbons (Fsp3) is 0.684. The minimum atomic E-state index is 0.283. The van der Waals surface area contributed by atoms with Crippen LogP contribution in [0, 0.1) is 6.07 Å². The molecular formula is C19H30N3O. The van der Waals surface area contributed by atoms with Gasteiger partial charge in [-0.15, -0.1) is 0 Å². The zero-order valence-electron chi connectivity index (χ0n) is 14.8. The van der Waals surface area contributed by atoms with Crippen LogP contribution in [-0.4, -0.2) is 75.4 Å². The first kappa shape index (κ1) is 16.7. The molecule has 23 heavy (non-hydrogen) atoms. The molecule has 1 aromatic carbocycles. The number of methoxy groups -OCH3 is 1. The Bertz CT molecular complexity index is 499. The Morgan fingerprint density at radius 2 is 2.00 bits per heavy atom. The highest BCUT2D eigenvalue weighted by Crippen LogP contribution is 2.25. The molecule has 0 aromatic heterocycles. The molecule has 0 aliphatic carbocycles. The SMILES string of the molecule is CCc1cc[c]c(N2CCC(N3CCN(C)CC3)C(OC)C2)c1. The molecule has 1 radical (unpaired) electrons. The highest BCUT2D eigenvalue weighted by Gasteiger charge is 2.34. The third kappa shape index (κ3) is 3.87. The fourth-order valence-electron chi connectivity index (χ4n) is 3.83. The molecule has 4 heteroatoms. The number of aryl methyl sites for hydroxylation is 1. The molecule has 2 aliphatic heterocycles. The lowest BCUT2D eigenvalue weighted by molar-refractivity contribution is -0.0110. The maximum atomic E-state index is 5.88. The molecule has 0 saturated carbocycles. The van der Waals surface area contributed by atoms with E-state index in [1.54, 1.807) is 0 Å². The molecule has 0 bridgehead atoms. The Kier molecular flexibility index (Phi) is 5.57. The van der Waals surface area contributed by atoms with Crippen molar-refractivity contribution in [2.45, 2.75) is 31.9 Å². The smallest absolute Gasteiger partial charge is 0.0901 e. The van der Waals surface area contributed by atoms with Crippen LogP contribution in [0.1, 0.15) is 18.9 Å². The number of rotatable bonds is 4. The fourth-order valence-corrected chi connectivity index (χ4v) is 3.83. The average molecular weight is 316 g/mol. The van der Waals surface area contributed by atoms with Crippen molar-refractivity contribution in [2.75, 3.05) is 58.3 Å². The van der Waals surface area contributed by atoms with Crippen LogP contribution in [0.2, 0.25) is 0 Å². The van der Waals surface area contributed by atoms with E-state index < -0.39 is 0 Å². The molecule has 127 valence electrons. The van der Waals surface area contributed by atoms with Crippen molar-refractivity contribution in [3.63, 3.8) is 0 Å². The summed E-state index contributed by atoms with van der Waals surface area (Å²) in [6, 6.07) is 10.5. The van der Waals surface area contributed by atoms with E-state index in [0.29, 0.717) is 6.04 Å². The van der Waals surface area contributed by atoms with E-state index >= 15 is 0 Å². The van der Waals surface area contributed by atoms with Crippen molar-refractivity contribution in [1.82, 2.24) is 9.80 Å². The van der Waals surface area contributed by atoms with Gasteiger partial charge in [-0.2, -0.15) is 0 Å². The van der Waals surface area contributed by atoms with Gasteiger partial charge in [0.15, 0.2) is 0 Å². The quantitative estimate of drug-likeness (QED) is 0.844.